The number of hydrogen-bond acceptors (Lipinski definition) is 4. The molecule has 0 unspecified atom stereocenters. The molecule has 3 rings (SSSR count). The maximum absolute atomic E-state index is 12.7. The number of likely N-dealkylation sites (tertiary alicyclic amines) is 1. The maximum atomic E-state index is 12.7. The quantitative estimate of drug-likeness (QED) is 0.817. The summed E-state index contributed by atoms with van der Waals surface area (Å²) in [6, 6.07) is 0. The lowest BCUT2D eigenvalue weighted by molar-refractivity contribution is -0.140. The number of nitrogens with zero attached hydrogens (tertiary/aromatic N) is 3. The fourth-order valence-corrected chi connectivity index (χ4v) is 4.08. The van der Waals surface area contributed by atoms with E-state index in [2.05, 4.69) is 4.90 Å². The van der Waals surface area contributed by atoms with Crippen molar-refractivity contribution >= 4 is 11.8 Å². The van der Waals surface area contributed by atoms with Crippen molar-refractivity contribution < 1.29 is 9.59 Å². The van der Waals surface area contributed by atoms with Crippen molar-refractivity contribution in [3.63, 3.8) is 0 Å². The lowest BCUT2D eigenvalue weighted by Crippen LogP contribution is -2.60. The predicted octanol–water partition coefficient (Wildman–Crippen LogP) is 0.415. The molecule has 2 saturated heterocycles. The van der Waals surface area contributed by atoms with Crippen LogP contribution in [0.15, 0.2) is 0 Å². The van der Waals surface area contributed by atoms with Crippen LogP contribution in [0.2, 0.25) is 0 Å². The Labute approximate surface area is 139 Å². The third-order valence-corrected chi connectivity index (χ3v) is 5.65. The highest BCUT2D eigenvalue weighted by Crippen LogP contribution is 2.28. The second-order valence-electron chi connectivity index (χ2n) is 7.37. The second-order valence-corrected chi connectivity index (χ2v) is 7.37. The first-order valence-corrected chi connectivity index (χ1v) is 9.17. The summed E-state index contributed by atoms with van der Waals surface area (Å²) in [5.74, 6) is 0.368. The average Bonchev–Trinajstić information content (AvgIpc) is 3.10. The summed E-state index contributed by atoms with van der Waals surface area (Å²) in [5.41, 5.74) is 5.73. The molecule has 2 N–H and O–H groups in total. The first kappa shape index (κ1) is 16.7. The summed E-state index contributed by atoms with van der Waals surface area (Å²) in [4.78, 5) is 31.0. The second kappa shape index (κ2) is 7.18. The molecule has 130 valence electrons. The van der Waals surface area contributed by atoms with Gasteiger partial charge in [0.2, 0.25) is 11.8 Å². The van der Waals surface area contributed by atoms with E-state index < -0.39 is 5.54 Å². The molecule has 2 heterocycles. The molecule has 2 aliphatic heterocycles. The number of carbonyl (C=O) groups excluding carboxylic acids is 2. The van der Waals surface area contributed by atoms with Crippen LogP contribution in [0.3, 0.4) is 0 Å². The highest BCUT2D eigenvalue weighted by Gasteiger charge is 2.39. The average molecular weight is 322 g/mol. The van der Waals surface area contributed by atoms with E-state index in [0.29, 0.717) is 19.6 Å². The van der Waals surface area contributed by atoms with E-state index in [9.17, 15) is 9.59 Å². The zero-order chi connectivity index (χ0) is 16.3. The Morgan fingerprint density at radius 3 is 2.00 bits per heavy atom. The van der Waals surface area contributed by atoms with Gasteiger partial charge in [0.25, 0.3) is 0 Å². The van der Waals surface area contributed by atoms with Crippen LogP contribution in [-0.4, -0.2) is 77.9 Å². The van der Waals surface area contributed by atoms with Crippen molar-refractivity contribution in [1.29, 1.82) is 0 Å². The monoisotopic (exact) mass is 322 g/mol. The van der Waals surface area contributed by atoms with E-state index in [1.54, 1.807) is 0 Å². The van der Waals surface area contributed by atoms with Gasteiger partial charge in [-0.1, -0.05) is 19.3 Å². The summed E-state index contributed by atoms with van der Waals surface area (Å²) in [5, 5.41) is 0. The van der Waals surface area contributed by atoms with Crippen molar-refractivity contribution in [3.8, 4) is 0 Å². The molecule has 6 nitrogen and oxygen atoms in total. The van der Waals surface area contributed by atoms with Crippen LogP contribution in [0.25, 0.3) is 0 Å². The number of rotatable bonds is 3. The van der Waals surface area contributed by atoms with Crippen LogP contribution in [0.4, 0.5) is 0 Å². The fraction of sp³-hybridized carbons (Fsp3) is 0.882. The highest BCUT2D eigenvalue weighted by molar-refractivity contribution is 5.86. The van der Waals surface area contributed by atoms with Crippen molar-refractivity contribution in [3.05, 3.63) is 0 Å². The van der Waals surface area contributed by atoms with Gasteiger partial charge in [-0.3, -0.25) is 14.5 Å². The standard InChI is InChI=1S/C17H30N4O2/c18-17(6-2-1-3-7-17)16(23)21-12-10-19(11-13-21)14-15(22)20-8-4-5-9-20/h1-14,18H2. The van der Waals surface area contributed by atoms with Crippen LogP contribution in [-0.2, 0) is 9.59 Å². The number of carbonyl (C=O) groups is 2. The first-order chi connectivity index (χ1) is 11.1. The minimum Gasteiger partial charge on any atom is -0.342 e. The molecule has 0 radical (unpaired) electrons. The van der Waals surface area contributed by atoms with Gasteiger partial charge in [0, 0.05) is 39.3 Å². The SMILES string of the molecule is NC1(C(=O)N2CCN(CC(=O)N3CCCC3)CC2)CCCCC1. The van der Waals surface area contributed by atoms with E-state index in [1.807, 2.05) is 9.80 Å². The minimum absolute atomic E-state index is 0.128. The van der Waals surface area contributed by atoms with Crippen LogP contribution in [0, 0.1) is 0 Å². The van der Waals surface area contributed by atoms with Crippen molar-refractivity contribution in [2.75, 3.05) is 45.8 Å². The van der Waals surface area contributed by atoms with Gasteiger partial charge >= 0.3 is 0 Å². The van der Waals surface area contributed by atoms with Gasteiger partial charge in [-0.25, -0.2) is 0 Å². The Kier molecular flexibility index (Phi) is 5.21. The van der Waals surface area contributed by atoms with E-state index in [1.165, 1.54) is 6.42 Å². The fourth-order valence-electron chi connectivity index (χ4n) is 4.08. The molecule has 0 aromatic heterocycles. The molecule has 0 aromatic rings. The maximum Gasteiger partial charge on any atom is 0.242 e. The zero-order valence-electron chi connectivity index (χ0n) is 14.1. The van der Waals surface area contributed by atoms with Gasteiger partial charge in [-0.05, 0) is 25.7 Å². The Balaban J connectivity index is 1.46. The third-order valence-electron chi connectivity index (χ3n) is 5.65. The number of nitrogens with two attached hydrogens (primary N) is 1. The molecule has 3 fully saturated rings. The predicted molar refractivity (Wildman–Crippen MR) is 88.8 cm³/mol. The molecule has 1 aliphatic carbocycles. The summed E-state index contributed by atoms with van der Waals surface area (Å²) in [6.07, 6.45) is 7.22. The van der Waals surface area contributed by atoms with Crippen LogP contribution < -0.4 is 5.73 Å². The molecule has 1 saturated carbocycles. The number of amides is 2. The Hall–Kier alpha value is -1.14. The van der Waals surface area contributed by atoms with Gasteiger partial charge in [0.05, 0.1) is 12.1 Å². The molecule has 0 spiro atoms. The van der Waals surface area contributed by atoms with Crippen LogP contribution >= 0.6 is 0 Å². The zero-order valence-corrected chi connectivity index (χ0v) is 14.1. The summed E-state index contributed by atoms with van der Waals surface area (Å²) < 4.78 is 0. The molecular formula is C17H30N4O2. The number of piperazine rings is 1. The Bertz CT molecular complexity index is 434. The van der Waals surface area contributed by atoms with Crippen LogP contribution in [0.5, 0.6) is 0 Å². The molecule has 0 bridgehead atoms. The van der Waals surface area contributed by atoms with Gasteiger partial charge in [-0.15, -0.1) is 0 Å². The Morgan fingerprint density at radius 1 is 0.783 bits per heavy atom. The summed E-state index contributed by atoms with van der Waals surface area (Å²) in [6.45, 7) is 5.27. The highest BCUT2D eigenvalue weighted by atomic mass is 16.2. The van der Waals surface area contributed by atoms with Crippen molar-refractivity contribution in [2.45, 2.75) is 50.5 Å². The summed E-state index contributed by atoms with van der Waals surface area (Å²) in [7, 11) is 0. The summed E-state index contributed by atoms with van der Waals surface area (Å²) >= 11 is 0. The lowest BCUT2D eigenvalue weighted by Gasteiger charge is -2.41. The van der Waals surface area contributed by atoms with Gasteiger partial charge < -0.3 is 15.5 Å². The molecule has 0 aromatic carbocycles. The minimum atomic E-state index is -0.633. The number of hydrogen-bond donors (Lipinski definition) is 1. The van der Waals surface area contributed by atoms with Gasteiger partial charge in [-0.2, -0.15) is 0 Å². The van der Waals surface area contributed by atoms with Crippen molar-refractivity contribution in [1.82, 2.24) is 14.7 Å². The third kappa shape index (κ3) is 3.86. The van der Waals surface area contributed by atoms with E-state index >= 15 is 0 Å². The smallest absolute Gasteiger partial charge is 0.242 e. The molecule has 0 atom stereocenters. The van der Waals surface area contributed by atoms with Gasteiger partial charge in [0.15, 0.2) is 0 Å². The van der Waals surface area contributed by atoms with E-state index in [4.69, 9.17) is 5.73 Å². The van der Waals surface area contributed by atoms with Gasteiger partial charge in [0.1, 0.15) is 0 Å². The topological polar surface area (TPSA) is 69.9 Å². The van der Waals surface area contributed by atoms with Crippen molar-refractivity contribution in [2.24, 2.45) is 5.73 Å². The van der Waals surface area contributed by atoms with E-state index in [-0.39, 0.29) is 11.8 Å². The Morgan fingerprint density at radius 2 is 1.39 bits per heavy atom. The molecular weight excluding hydrogens is 292 g/mol. The molecule has 6 heteroatoms. The largest absolute Gasteiger partial charge is 0.342 e. The normalized spacial score (nSPS) is 25.6. The van der Waals surface area contributed by atoms with E-state index in [0.717, 1.165) is 64.7 Å². The lowest BCUT2D eigenvalue weighted by atomic mass is 9.81. The molecule has 23 heavy (non-hydrogen) atoms. The molecule has 3 aliphatic rings. The van der Waals surface area contributed by atoms with Crippen LogP contribution in [0.1, 0.15) is 44.9 Å². The molecule has 2 amide bonds. The first-order valence-electron chi connectivity index (χ1n) is 9.17.